The van der Waals surface area contributed by atoms with E-state index in [9.17, 15) is 5.26 Å². The lowest BCUT2D eigenvalue weighted by Crippen LogP contribution is -2.51. The van der Waals surface area contributed by atoms with Crippen LogP contribution in [0.25, 0.3) is 0 Å². The Hall–Kier alpha value is -1.53. The molecule has 116 valence electrons. The number of nitriles is 1. The highest BCUT2D eigenvalue weighted by atomic mass is 15.3. The van der Waals surface area contributed by atoms with Gasteiger partial charge < -0.3 is 4.90 Å². The molecule has 0 bridgehead atoms. The van der Waals surface area contributed by atoms with E-state index in [1.54, 1.807) is 0 Å². The van der Waals surface area contributed by atoms with Crippen molar-refractivity contribution in [3.8, 4) is 6.07 Å². The van der Waals surface area contributed by atoms with Gasteiger partial charge in [0, 0.05) is 25.2 Å². The van der Waals surface area contributed by atoms with Gasteiger partial charge in [-0.05, 0) is 50.3 Å². The third-order valence-electron chi connectivity index (χ3n) is 6.07. The number of nitrogens with zero attached hydrogens (tertiary/aromatic N) is 3. The van der Waals surface area contributed by atoms with E-state index in [4.69, 9.17) is 0 Å². The maximum atomic E-state index is 9.41. The number of para-hydroxylation sites is 1. The molecule has 2 aliphatic heterocycles. The summed E-state index contributed by atoms with van der Waals surface area (Å²) in [4.78, 5) is 5.28. The minimum atomic E-state index is 0.615. The zero-order valence-corrected chi connectivity index (χ0v) is 13.2. The molecule has 0 spiro atoms. The van der Waals surface area contributed by atoms with Gasteiger partial charge in [-0.15, -0.1) is 0 Å². The van der Waals surface area contributed by atoms with Gasteiger partial charge >= 0.3 is 0 Å². The molecule has 0 N–H and O–H groups in total. The van der Waals surface area contributed by atoms with Crippen molar-refractivity contribution in [3.63, 3.8) is 0 Å². The lowest BCUT2D eigenvalue weighted by Gasteiger charge is -2.42. The normalized spacial score (nSPS) is 29.5. The van der Waals surface area contributed by atoms with Crippen LogP contribution in [-0.2, 0) is 0 Å². The van der Waals surface area contributed by atoms with Crippen LogP contribution in [-0.4, -0.2) is 36.6 Å². The molecule has 4 rings (SSSR count). The van der Waals surface area contributed by atoms with E-state index in [0.29, 0.717) is 6.04 Å². The molecule has 3 nitrogen and oxygen atoms in total. The zero-order chi connectivity index (χ0) is 14.9. The maximum absolute atomic E-state index is 9.41. The Labute approximate surface area is 133 Å². The molecule has 3 heteroatoms. The smallest absolute Gasteiger partial charge is 0.101 e. The molecule has 1 aliphatic carbocycles. The van der Waals surface area contributed by atoms with Gasteiger partial charge in [-0.1, -0.05) is 25.0 Å². The molecule has 1 aromatic rings. The minimum Gasteiger partial charge on any atom is -0.366 e. The van der Waals surface area contributed by atoms with Crippen molar-refractivity contribution >= 4 is 5.69 Å². The van der Waals surface area contributed by atoms with Crippen LogP contribution in [0.5, 0.6) is 0 Å². The second kappa shape index (κ2) is 5.93. The monoisotopic (exact) mass is 295 g/mol. The number of fused-ring (bicyclic) bond motifs is 1. The first-order valence-electron chi connectivity index (χ1n) is 8.86. The number of hydrogen-bond donors (Lipinski definition) is 0. The largest absolute Gasteiger partial charge is 0.366 e. The first-order valence-corrected chi connectivity index (χ1v) is 8.86. The lowest BCUT2D eigenvalue weighted by atomic mass is 9.91. The Morgan fingerprint density at radius 3 is 2.59 bits per heavy atom. The average molecular weight is 295 g/mol. The molecule has 2 heterocycles. The summed E-state index contributed by atoms with van der Waals surface area (Å²) in [5.41, 5.74) is 1.99. The Balaban J connectivity index is 1.56. The molecule has 0 aromatic heterocycles. The van der Waals surface area contributed by atoms with E-state index in [0.717, 1.165) is 29.8 Å². The quantitative estimate of drug-likeness (QED) is 0.837. The van der Waals surface area contributed by atoms with E-state index in [-0.39, 0.29) is 0 Å². The summed E-state index contributed by atoms with van der Waals surface area (Å²) in [6.45, 7) is 3.61. The average Bonchev–Trinajstić information content (AvgIpc) is 3.23. The first-order chi connectivity index (χ1) is 10.9. The maximum Gasteiger partial charge on any atom is 0.101 e. The first kappa shape index (κ1) is 14.1. The predicted octanol–water partition coefficient (Wildman–Crippen LogP) is 3.40. The van der Waals surface area contributed by atoms with Crippen LogP contribution in [0, 0.1) is 17.2 Å². The molecule has 2 saturated heterocycles. The second-order valence-electron chi connectivity index (χ2n) is 7.16. The summed E-state index contributed by atoms with van der Waals surface area (Å²) in [5.74, 6) is 0.824. The third kappa shape index (κ3) is 2.40. The molecule has 3 aliphatic rings. The summed E-state index contributed by atoms with van der Waals surface area (Å²) in [7, 11) is 0. The Morgan fingerprint density at radius 2 is 1.77 bits per heavy atom. The van der Waals surface area contributed by atoms with Crippen LogP contribution in [0.4, 0.5) is 5.69 Å². The molecule has 22 heavy (non-hydrogen) atoms. The molecule has 0 radical (unpaired) electrons. The van der Waals surface area contributed by atoms with Gasteiger partial charge in [0.2, 0.25) is 0 Å². The van der Waals surface area contributed by atoms with Crippen molar-refractivity contribution in [2.45, 2.75) is 50.6 Å². The van der Waals surface area contributed by atoms with Crippen molar-refractivity contribution in [1.82, 2.24) is 4.90 Å². The van der Waals surface area contributed by atoms with Gasteiger partial charge in [-0.25, -0.2) is 0 Å². The molecule has 0 amide bonds. The Bertz CT molecular complexity index is 570. The highest BCUT2D eigenvalue weighted by Crippen LogP contribution is 2.38. The van der Waals surface area contributed by atoms with Crippen molar-refractivity contribution in [2.75, 3.05) is 24.5 Å². The van der Waals surface area contributed by atoms with E-state index >= 15 is 0 Å². The van der Waals surface area contributed by atoms with Gasteiger partial charge in [0.1, 0.15) is 6.07 Å². The molecular formula is C19H25N3. The lowest BCUT2D eigenvalue weighted by molar-refractivity contribution is 0.126. The van der Waals surface area contributed by atoms with Crippen LogP contribution in [0.3, 0.4) is 0 Å². The number of anilines is 1. The van der Waals surface area contributed by atoms with Crippen LogP contribution < -0.4 is 4.90 Å². The number of rotatable bonds is 2. The number of piperidine rings is 1. The van der Waals surface area contributed by atoms with Gasteiger partial charge in [0.15, 0.2) is 0 Å². The van der Waals surface area contributed by atoms with Crippen LogP contribution >= 0.6 is 0 Å². The predicted molar refractivity (Wildman–Crippen MR) is 88.8 cm³/mol. The molecule has 3 fully saturated rings. The Morgan fingerprint density at radius 1 is 1.00 bits per heavy atom. The molecule has 2 atom stereocenters. The highest BCUT2D eigenvalue weighted by Gasteiger charge is 2.40. The molecule has 2 unspecified atom stereocenters. The fraction of sp³-hybridized carbons (Fsp3) is 0.632. The van der Waals surface area contributed by atoms with Crippen molar-refractivity contribution in [1.29, 1.82) is 5.26 Å². The van der Waals surface area contributed by atoms with E-state index in [1.165, 1.54) is 51.6 Å². The van der Waals surface area contributed by atoms with Gasteiger partial charge in [0.25, 0.3) is 0 Å². The topological polar surface area (TPSA) is 30.3 Å². The van der Waals surface area contributed by atoms with Gasteiger partial charge in [0.05, 0.1) is 11.3 Å². The molecular weight excluding hydrogens is 270 g/mol. The summed E-state index contributed by atoms with van der Waals surface area (Å²) in [6, 6.07) is 12.0. The van der Waals surface area contributed by atoms with E-state index in [1.807, 2.05) is 12.1 Å². The standard InChI is InChI=1S/C19H25N3/c20-13-16-5-1-4-8-18(16)22-12-10-15-9-11-21(14-19(15)22)17-6-2-3-7-17/h1,4-5,8,15,17,19H,2-3,6-7,9-12,14H2. The van der Waals surface area contributed by atoms with Crippen LogP contribution in [0.15, 0.2) is 24.3 Å². The second-order valence-corrected chi connectivity index (χ2v) is 7.16. The fourth-order valence-electron chi connectivity index (χ4n) is 4.88. The van der Waals surface area contributed by atoms with Crippen molar-refractivity contribution in [3.05, 3.63) is 29.8 Å². The van der Waals surface area contributed by atoms with E-state index < -0.39 is 0 Å². The zero-order valence-electron chi connectivity index (χ0n) is 13.2. The summed E-state index contributed by atoms with van der Waals surface area (Å²) in [5, 5.41) is 9.41. The van der Waals surface area contributed by atoms with Crippen LogP contribution in [0.1, 0.15) is 44.1 Å². The highest BCUT2D eigenvalue weighted by molar-refractivity contribution is 5.60. The molecule has 1 aromatic carbocycles. The van der Waals surface area contributed by atoms with Gasteiger partial charge in [-0.3, -0.25) is 4.90 Å². The van der Waals surface area contributed by atoms with Crippen molar-refractivity contribution < 1.29 is 0 Å². The summed E-state index contributed by atoms with van der Waals surface area (Å²) in [6.07, 6.45) is 8.25. The van der Waals surface area contributed by atoms with E-state index in [2.05, 4.69) is 28.0 Å². The summed E-state index contributed by atoms with van der Waals surface area (Å²) >= 11 is 0. The summed E-state index contributed by atoms with van der Waals surface area (Å²) < 4.78 is 0. The third-order valence-corrected chi connectivity index (χ3v) is 6.07. The fourth-order valence-corrected chi connectivity index (χ4v) is 4.88. The number of hydrogen-bond acceptors (Lipinski definition) is 3. The number of likely N-dealkylation sites (tertiary alicyclic amines) is 1. The van der Waals surface area contributed by atoms with Crippen LogP contribution in [0.2, 0.25) is 0 Å². The Kier molecular flexibility index (Phi) is 3.80. The minimum absolute atomic E-state index is 0.615. The van der Waals surface area contributed by atoms with Crippen molar-refractivity contribution in [2.24, 2.45) is 5.92 Å². The number of benzene rings is 1. The molecule has 1 saturated carbocycles. The van der Waals surface area contributed by atoms with Gasteiger partial charge in [-0.2, -0.15) is 5.26 Å². The SMILES string of the molecule is N#Cc1ccccc1N1CCC2CCN(C3CCCC3)CC21.